The molecular weight excluding hydrogens is 224 g/mol. The molecule has 0 heterocycles. The minimum Gasteiger partial charge on any atom is -0.381 e. The average molecular weight is 250 g/mol. The van der Waals surface area contributed by atoms with Gasteiger partial charge in [-0.2, -0.15) is 0 Å². The van der Waals surface area contributed by atoms with Crippen LogP contribution in [0, 0.1) is 0 Å². The molecule has 0 rings (SSSR count). The molecule has 0 N–H and O–H groups in total. The van der Waals surface area contributed by atoms with E-state index >= 15 is 0 Å². The van der Waals surface area contributed by atoms with Crippen LogP contribution in [-0.2, 0) is 18.0 Å². The van der Waals surface area contributed by atoms with Gasteiger partial charge in [0.2, 0.25) is 0 Å². The van der Waals surface area contributed by atoms with E-state index in [2.05, 4.69) is 6.92 Å². The van der Waals surface area contributed by atoms with E-state index in [1.165, 1.54) is 6.42 Å². The van der Waals surface area contributed by atoms with Crippen molar-refractivity contribution in [1.29, 1.82) is 0 Å². The van der Waals surface area contributed by atoms with Gasteiger partial charge in [-0.1, -0.05) is 13.3 Å². The summed E-state index contributed by atoms with van der Waals surface area (Å²) in [5.74, 6) is 0. The molecule has 0 aromatic heterocycles. The van der Waals surface area contributed by atoms with Gasteiger partial charge >= 0.3 is 8.80 Å². The second-order valence-corrected chi connectivity index (χ2v) is 6.81. The van der Waals surface area contributed by atoms with Gasteiger partial charge in [0.15, 0.2) is 0 Å². The molecule has 4 nitrogen and oxygen atoms in total. The normalized spacial score (nSPS) is 12.0. The van der Waals surface area contributed by atoms with E-state index in [0.717, 1.165) is 38.5 Å². The number of hydrogen-bond acceptors (Lipinski definition) is 4. The van der Waals surface area contributed by atoms with E-state index in [1.54, 1.807) is 21.3 Å². The topological polar surface area (TPSA) is 36.9 Å². The van der Waals surface area contributed by atoms with Gasteiger partial charge in [0.25, 0.3) is 0 Å². The molecule has 0 aromatic rings. The Hall–Kier alpha value is 0.0569. The molecule has 16 heavy (non-hydrogen) atoms. The van der Waals surface area contributed by atoms with Gasteiger partial charge in [-0.05, 0) is 19.3 Å². The first-order valence-corrected chi connectivity index (χ1v) is 7.91. The summed E-state index contributed by atoms with van der Waals surface area (Å²) in [4.78, 5) is 0. The molecule has 0 fully saturated rings. The van der Waals surface area contributed by atoms with E-state index < -0.39 is 8.80 Å². The molecule has 0 aliphatic heterocycles. The minimum absolute atomic E-state index is 0.821. The maximum absolute atomic E-state index is 5.48. The highest BCUT2D eigenvalue weighted by molar-refractivity contribution is 6.60. The van der Waals surface area contributed by atoms with Crippen molar-refractivity contribution < 1.29 is 18.0 Å². The minimum atomic E-state index is -2.35. The molecule has 5 heteroatoms. The lowest BCUT2D eigenvalue weighted by molar-refractivity contribution is 0.114. The first-order valence-electron chi connectivity index (χ1n) is 5.98. The predicted molar refractivity (Wildman–Crippen MR) is 66.5 cm³/mol. The Morgan fingerprint density at radius 2 is 1.38 bits per heavy atom. The van der Waals surface area contributed by atoms with Gasteiger partial charge in [0, 0.05) is 40.6 Å². The number of rotatable bonds is 11. The average Bonchev–Trinajstić information content (AvgIpc) is 2.34. The Morgan fingerprint density at radius 3 is 1.88 bits per heavy atom. The summed E-state index contributed by atoms with van der Waals surface area (Å²) in [6.45, 7) is 3.86. The summed E-state index contributed by atoms with van der Waals surface area (Å²) in [7, 11) is 2.60. The molecule has 0 saturated heterocycles. The van der Waals surface area contributed by atoms with E-state index in [4.69, 9.17) is 18.0 Å². The largest absolute Gasteiger partial charge is 0.500 e. The van der Waals surface area contributed by atoms with Gasteiger partial charge in [0.05, 0.1) is 0 Å². The Kier molecular flexibility index (Phi) is 10.3. The van der Waals surface area contributed by atoms with E-state index in [-0.39, 0.29) is 0 Å². The van der Waals surface area contributed by atoms with Crippen LogP contribution >= 0.6 is 0 Å². The summed E-state index contributed by atoms with van der Waals surface area (Å²) in [6.07, 6.45) is 4.39. The van der Waals surface area contributed by atoms with Crippen LogP contribution in [0.2, 0.25) is 6.04 Å². The summed E-state index contributed by atoms with van der Waals surface area (Å²) in [6, 6.07) is 0.855. The van der Waals surface area contributed by atoms with Crippen LogP contribution in [0.5, 0.6) is 0 Å². The fourth-order valence-corrected chi connectivity index (χ4v) is 3.25. The van der Waals surface area contributed by atoms with Gasteiger partial charge in [-0.3, -0.25) is 0 Å². The van der Waals surface area contributed by atoms with Crippen molar-refractivity contribution in [2.75, 3.05) is 34.5 Å². The summed E-state index contributed by atoms with van der Waals surface area (Å²) in [5, 5.41) is 0. The van der Waals surface area contributed by atoms with Crippen molar-refractivity contribution in [3.05, 3.63) is 0 Å². The monoisotopic (exact) mass is 250 g/mol. The number of hydrogen-bond donors (Lipinski definition) is 0. The Bertz CT molecular complexity index is 143. The van der Waals surface area contributed by atoms with Crippen LogP contribution in [0.1, 0.15) is 32.6 Å². The van der Waals surface area contributed by atoms with Crippen LogP contribution in [0.15, 0.2) is 0 Å². The lowest BCUT2D eigenvalue weighted by atomic mass is 10.3. The molecule has 0 saturated carbocycles. The van der Waals surface area contributed by atoms with Crippen molar-refractivity contribution in [2.24, 2.45) is 0 Å². The predicted octanol–water partition coefficient (Wildman–Crippen LogP) is 2.46. The Balaban J connectivity index is 3.48. The highest BCUT2D eigenvalue weighted by atomic mass is 28.4. The van der Waals surface area contributed by atoms with Crippen LogP contribution in [-0.4, -0.2) is 43.3 Å². The van der Waals surface area contributed by atoms with Gasteiger partial charge in [-0.25, -0.2) is 0 Å². The zero-order valence-electron chi connectivity index (χ0n) is 11.1. The van der Waals surface area contributed by atoms with Crippen LogP contribution in [0.4, 0.5) is 0 Å². The summed E-state index contributed by atoms with van der Waals surface area (Å²) in [5.41, 5.74) is 0. The number of unbranched alkanes of at least 4 members (excludes halogenated alkanes) is 2. The lowest BCUT2D eigenvalue weighted by Gasteiger charge is -2.24. The van der Waals surface area contributed by atoms with E-state index in [0.29, 0.717) is 0 Å². The third-order valence-corrected chi connectivity index (χ3v) is 5.43. The van der Waals surface area contributed by atoms with Gasteiger partial charge < -0.3 is 18.0 Å². The zero-order chi connectivity index (χ0) is 12.3. The molecule has 0 spiro atoms. The molecule has 0 radical (unpaired) electrons. The first kappa shape index (κ1) is 16.1. The molecule has 98 valence electrons. The third-order valence-electron chi connectivity index (χ3n) is 2.60. The van der Waals surface area contributed by atoms with E-state index in [1.807, 2.05) is 0 Å². The van der Waals surface area contributed by atoms with Crippen molar-refractivity contribution in [1.82, 2.24) is 0 Å². The van der Waals surface area contributed by atoms with Crippen molar-refractivity contribution in [3.63, 3.8) is 0 Å². The molecule has 0 bridgehead atoms. The van der Waals surface area contributed by atoms with Crippen molar-refractivity contribution in [3.8, 4) is 0 Å². The van der Waals surface area contributed by atoms with Crippen molar-refractivity contribution >= 4 is 8.80 Å². The quantitative estimate of drug-likeness (QED) is 0.417. The molecule has 0 aromatic carbocycles. The fourth-order valence-electron chi connectivity index (χ4n) is 1.45. The van der Waals surface area contributed by atoms with E-state index in [9.17, 15) is 0 Å². The van der Waals surface area contributed by atoms with Gasteiger partial charge in [0.1, 0.15) is 0 Å². The smallest absolute Gasteiger partial charge is 0.381 e. The standard InChI is InChI=1S/C11H26O4Si/c1-5-6-9-15-10-7-8-11-16(12-2,13-3)14-4/h5-11H2,1-4H3. The summed E-state index contributed by atoms with van der Waals surface area (Å²) < 4.78 is 21.5. The zero-order valence-corrected chi connectivity index (χ0v) is 12.1. The Labute approximate surface area is 101 Å². The molecule has 0 aliphatic carbocycles. The lowest BCUT2D eigenvalue weighted by Crippen LogP contribution is -2.42. The highest BCUT2D eigenvalue weighted by Gasteiger charge is 2.36. The maximum atomic E-state index is 5.48. The maximum Gasteiger partial charge on any atom is 0.500 e. The first-order chi connectivity index (χ1) is 7.74. The van der Waals surface area contributed by atoms with Crippen LogP contribution < -0.4 is 0 Å². The number of ether oxygens (including phenoxy) is 1. The van der Waals surface area contributed by atoms with Crippen LogP contribution in [0.3, 0.4) is 0 Å². The highest BCUT2D eigenvalue weighted by Crippen LogP contribution is 2.16. The fraction of sp³-hybridized carbons (Fsp3) is 1.00. The molecule has 0 amide bonds. The molecular formula is C11H26O4Si. The van der Waals surface area contributed by atoms with Gasteiger partial charge in [-0.15, -0.1) is 0 Å². The second kappa shape index (κ2) is 10.2. The SMILES string of the molecule is CCCCOCCCC[Si](OC)(OC)OC. The summed E-state index contributed by atoms with van der Waals surface area (Å²) >= 11 is 0. The molecule has 0 unspecified atom stereocenters. The second-order valence-electron chi connectivity index (χ2n) is 3.72. The molecule has 0 aliphatic rings. The Morgan fingerprint density at radius 1 is 0.812 bits per heavy atom. The third kappa shape index (κ3) is 6.60. The van der Waals surface area contributed by atoms with Crippen LogP contribution in [0.25, 0.3) is 0 Å². The molecule has 0 atom stereocenters. The van der Waals surface area contributed by atoms with Crippen molar-refractivity contribution in [2.45, 2.75) is 38.7 Å².